The SMILES string of the molecule is Cc1ccc(S(=O)(=O)c2ccc(C(=O)NCC(c3ccccc3Cl)c3c[nH]c4ccccc34)o2)cc1. The zero-order chi connectivity index (χ0) is 25.3. The first-order valence-corrected chi connectivity index (χ1v) is 13.2. The Hall–Kier alpha value is -3.81. The van der Waals surface area contributed by atoms with Gasteiger partial charge in [0.15, 0.2) is 5.76 Å². The molecule has 0 bridgehead atoms. The summed E-state index contributed by atoms with van der Waals surface area (Å²) in [6, 6.07) is 24.5. The van der Waals surface area contributed by atoms with Gasteiger partial charge in [-0.15, -0.1) is 0 Å². The van der Waals surface area contributed by atoms with Gasteiger partial charge < -0.3 is 14.7 Å². The maximum Gasteiger partial charge on any atom is 0.287 e. The van der Waals surface area contributed by atoms with Gasteiger partial charge >= 0.3 is 0 Å². The van der Waals surface area contributed by atoms with Crippen LogP contribution in [-0.4, -0.2) is 25.9 Å². The third-order valence-electron chi connectivity index (χ3n) is 6.15. The number of para-hydroxylation sites is 1. The van der Waals surface area contributed by atoms with E-state index >= 15 is 0 Å². The molecule has 0 aliphatic carbocycles. The summed E-state index contributed by atoms with van der Waals surface area (Å²) in [6.45, 7) is 2.10. The smallest absolute Gasteiger partial charge is 0.287 e. The molecule has 0 radical (unpaired) electrons. The Bertz CT molecular complexity index is 1650. The van der Waals surface area contributed by atoms with Crippen LogP contribution in [0.1, 0.15) is 33.2 Å². The standard InChI is InChI=1S/C28H23ClN2O4S/c1-18-10-12-19(13-11-18)36(33,34)27-15-14-26(35-27)28(32)31-17-22(20-6-2-4-8-24(20)29)23-16-30-25-9-5-3-7-21(23)25/h2-16,22,30H,17H2,1H3,(H,31,32). The zero-order valence-electron chi connectivity index (χ0n) is 19.4. The Morgan fingerprint density at radius 1 is 0.944 bits per heavy atom. The second-order valence-corrected chi connectivity index (χ2v) is 10.8. The van der Waals surface area contributed by atoms with Crippen LogP contribution in [0.25, 0.3) is 10.9 Å². The summed E-state index contributed by atoms with van der Waals surface area (Å²) in [7, 11) is -3.88. The molecule has 36 heavy (non-hydrogen) atoms. The molecule has 0 fully saturated rings. The summed E-state index contributed by atoms with van der Waals surface area (Å²) in [5.41, 5.74) is 3.77. The van der Waals surface area contributed by atoms with E-state index < -0.39 is 15.7 Å². The Morgan fingerprint density at radius 2 is 1.67 bits per heavy atom. The fraction of sp³-hybridized carbons (Fsp3) is 0.107. The number of benzene rings is 3. The Labute approximate surface area is 213 Å². The number of sulfone groups is 1. The maximum absolute atomic E-state index is 13.0. The molecule has 2 heterocycles. The summed E-state index contributed by atoms with van der Waals surface area (Å²) >= 11 is 6.53. The first kappa shape index (κ1) is 23.9. The topological polar surface area (TPSA) is 92.2 Å². The van der Waals surface area contributed by atoms with Crippen LogP contribution in [0.5, 0.6) is 0 Å². The van der Waals surface area contributed by atoms with Gasteiger partial charge in [-0.05, 0) is 54.4 Å². The highest BCUT2D eigenvalue weighted by Gasteiger charge is 2.25. The molecule has 8 heteroatoms. The number of amides is 1. The molecule has 1 atom stereocenters. The van der Waals surface area contributed by atoms with Crippen molar-refractivity contribution in [3.05, 3.63) is 119 Å². The monoisotopic (exact) mass is 518 g/mol. The molecule has 3 aromatic carbocycles. The van der Waals surface area contributed by atoms with Gasteiger partial charge in [-0.1, -0.05) is 65.7 Å². The third-order valence-corrected chi connectivity index (χ3v) is 8.13. The van der Waals surface area contributed by atoms with Gasteiger partial charge in [0.05, 0.1) is 4.90 Å². The molecule has 5 rings (SSSR count). The number of hydrogen-bond donors (Lipinski definition) is 2. The number of aryl methyl sites for hydroxylation is 1. The normalized spacial score (nSPS) is 12.5. The van der Waals surface area contributed by atoms with Crippen LogP contribution in [0.3, 0.4) is 0 Å². The molecular weight excluding hydrogens is 496 g/mol. The average molecular weight is 519 g/mol. The lowest BCUT2D eigenvalue weighted by molar-refractivity contribution is 0.0919. The number of hydrogen-bond acceptors (Lipinski definition) is 4. The molecule has 6 nitrogen and oxygen atoms in total. The molecule has 5 aromatic rings. The molecule has 1 amide bonds. The number of carbonyl (C=O) groups excluding carboxylic acids is 1. The highest BCUT2D eigenvalue weighted by molar-refractivity contribution is 7.91. The van der Waals surface area contributed by atoms with E-state index in [2.05, 4.69) is 10.3 Å². The molecular formula is C28H23ClN2O4S. The van der Waals surface area contributed by atoms with Crippen molar-refractivity contribution in [2.24, 2.45) is 0 Å². The lowest BCUT2D eigenvalue weighted by Gasteiger charge is -2.19. The second-order valence-electron chi connectivity index (χ2n) is 8.51. The molecule has 2 aromatic heterocycles. The number of halogens is 1. The zero-order valence-corrected chi connectivity index (χ0v) is 20.9. The number of rotatable bonds is 7. The first-order chi connectivity index (χ1) is 17.3. The predicted molar refractivity (Wildman–Crippen MR) is 139 cm³/mol. The van der Waals surface area contributed by atoms with Gasteiger partial charge in [0.1, 0.15) is 0 Å². The summed E-state index contributed by atoms with van der Waals surface area (Å²) in [6.07, 6.45) is 1.92. The van der Waals surface area contributed by atoms with Crippen molar-refractivity contribution in [2.75, 3.05) is 6.54 Å². The number of nitrogens with one attached hydrogen (secondary N) is 2. The quantitative estimate of drug-likeness (QED) is 0.271. The highest BCUT2D eigenvalue weighted by atomic mass is 35.5. The van der Waals surface area contributed by atoms with Crippen molar-refractivity contribution >= 4 is 38.2 Å². The number of furan rings is 1. The largest absolute Gasteiger partial charge is 0.439 e. The van der Waals surface area contributed by atoms with E-state index in [-0.39, 0.29) is 28.2 Å². The molecule has 0 spiro atoms. The number of fused-ring (bicyclic) bond motifs is 1. The van der Waals surface area contributed by atoms with E-state index in [1.165, 1.54) is 24.3 Å². The van der Waals surface area contributed by atoms with E-state index in [4.69, 9.17) is 16.0 Å². The Kier molecular flexibility index (Phi) is 6.43. The van der Waals surface area contributed by atoms with Gasteiger partial charge in [0.25, 0.3) is 5.91 Å². The minimum atomic E-state index is -3.88. The van der Waals surface area contributed by atoms with Crippen LogP contribution in [0.4, 0.5) is 0 Å². The number of aromatic nitrogens is 1. The molecule has 2 N–H and O–H groups in total. The van der Waals surface area contributed by atoms with E-state index in [0.717, 1.165) is 27.6 Å². The van der Waals surface area contributed by atoms with Crippen molar-refractivity contribution in [2.45, 2.75) is 22.8 Å². The number of carbonyl (C=O) groups is 1. The molecule has 0 saturated carbocycles. The van der Waals surface area contributed by atoms with Crippen molar-refractivity contribution in [1.82, 2.24) is 10.3 Å². The van der Waals surface area contributed by atoms with Gasteiger partial charge in [0.2, 0.25) is 14.9 Å². The lowest BCUT2D eigenvalue weighted by atomic mass is 9.90. The predicted octanol–water partition coefficient (Wildman–Crippen LogP) is 6.12. The summed E-state index contributed by atoms with van der Waals surface area (Å²) in [5, 5.41) is 4.23. The summed E-state index contributed by atoms with van der Waals surface area (Å²) in [5.74, 6) is -0.848. The van der Waals surface area contributed by atoms with Crippen molar-refractivity contribution in [3.8, 4) is 0 Å². The fourth-order valence-electron chi connectivity index (χ4n) is 4.23. The summed E-state index contributed by atoms with van der Waals surface area (Å²) < 4.78 is 31.3. The van der Waals surface area contributed by atoms with Crippen LogP contribution < -0.4 is 5.32 Å². The maximum atomic E-state index is 13.0. The van der Waals surface area contributed by atoms with Crippen molar-refractivity contribution < 1.29 is 17.6 Å². The molecule has 182 valence electrons. The summed E-state index contributed by atoms with van der Waals surface area (Å²) in [4.78, 5) is 16.4. The van der Waals surface area contributed by atoms with E-state index in [1.54, 1.807) is 12.1 Å². The highest BCUT2D eigenvalue weighted by Crippen LogP contribution is 2.34. The Balaban J connectivity index is 1.40. The number of H-pyrrole nitrogens is 1. The van der Waals surface area contributed by atoms with Gasteiger partial charge in [-0.3, -0.25) is 4.79 Å². The van der Waals surface area contributed by atoms with Crippen LogP contribution in [0, 0.1) is 6.92 Å². The minimum Gasteiger partial charge on any atom is -0.439 e. The van der Waals surface area contributed by atoms with E-state index in [9.17, 15) is 13.2 Å². The number of aromatic amines is 1. The van der Waals surface area contributed by atoms with Gasteiger partial charge in [-0.25, -0.2) is 8.42 Å². The van der Waals surface area contributed by atoms with Gasteiger partial charge in [0, 0.05) is 34.6 Å². The molecule has 0 aliphatic rings. The van der Waals surface area contributed by atoms with Crippen molar-refractivity contribution in [1.29, 1.82) is 0 Å². The first-order valence-electron chi connectivity index (χ1n) is 11.3. The molecule has 0 aliphatic heterocycles. The van der Waals surface area contributed by atoms with Crippen LogP contribution in [0.2, 0.25) is 5.02 Å². The van der Waals surface area contributed by atoms with Gasteiger partial charge in [-0.2, -0.15) is 0 Å². The fourth-order valence-corrected chi connectivity index (χ4v) is 5.67. The van der Waals surface area contributed by atoms with Crippen molar-refractivity contribution in [3.63, 3.8) is 0 Å². The molecule has 0 saturated heterocycles. The minimum absolute atomic E-state index is 0.0856. The van der Waals surface area contributed by atoms with Crippen LogP contribution in [-0.2, 0) is 9.84 Å². The molecule has 1 unspecified atom stereocenters. The van der Waals surface area contributed by atoms with Crippen LogP contribution in [0.15, 0.2) is 106 Å². The van der Waals surface area contributed by atoms with E-state index in [1.807, 2.05) is 61.7 Å². The second kappa shape index (κ2) is 9.68. The third kappa shape index (κ3) is 4.55. The average Bonchev–Trinajstić information content (AvgIpc) is 3.54. The lowest BCUT2D eigenvalue weighted by Crippen LogP contribution is -2.28. The van der Waals surface area contributed by atoms with E-state index in [0.29, 0.717) is 5.02 Å². The van der Waals surface area contributed by atoms with Crippen LogP contribution >= 0.6 is 11.6 Å². The Morgan fingerprint density at radius 3 is 2.44 bits per heavy atom.